The largest absolute Gasteiger partial charge is 0.756 e. The number of hydrogen-bond acceptors (Lipinski definition) is 6. The molecule has 0 bridgehead atoms. The molecule has 0 aliphatic carbocycles. The lowest BCUT2D eigenvalue weighted by molar-refractivity contribution is -0.870. The van der Waals surface area contributed by atoms with E-state index in [1.807, 2.05) is 27.2 Å². The fourth-order valence-corrected chi connectivity index (χ4v) is 9.16. The number of hydrogen-bond donors (Lipinski definition) is 2. The van der Waals surface area contributed by atoms with Gasteiger partial charge in [0.2, 0.25) is 5.91 Å². The zero-order valence-electron chi connectivity index (χ0n) is 47.6. The highest BCUT2D eigenvalue weighted by molar-refractivity contribution is 7.45. The number of nitrogens with zero attached hydrogens (tertiary/aromatic N) is 1. The summed E-state index contributed by atoms with van der Waals surface area (Å²) < 4.78 is 23.2. The van der Waals surface area contributed by atoms with E-state index in [0.717, 1.165) is 70.6 Å². The highest BCUT2D eigenvalue weighted by Crippen LogP contribution is 2.38. The van der Waals surface area contributed by atoms with Gasteiger partial charge in [0.15, 0.2) is 0 Å². The van der Waals surface area contributed by atoms with Crippen molar-refractivity contribution >= 4 is 13.7 Å². The minimum atomic E-state index is -4.60. The lowest BCUT2D eigenvalue weighted by Gasteiger charge is -2.29. The first kappa shape index (κ1) is 69.7. The number of likely N-dealkylation sites (N-methyl/N-ethyl adjacent to an activating group) is 1. The topological polar surface area (TPSA) is 108 Å². The van der Waals surface area contributed by atoms with Crippen LogP contribution in [-0.4, -0.2) is 68.5 Å². The van der Waals surface area contributed by atoms with Crippen LogP contribution in [0.25, 0.3) is 0 Å². The van der Waals surface area contributed by atoms with E-state index >= 15 is 0 Å². The Morgan fingerprint density at radius 1 is 0.500 bits per heavy atom. The van der Waals surface area contributed by atoms with Crippen molar-refractivity contribution in [2.45, 2.75) is 270 Å². The molecule has 9 heteroatoms. The maximum Gasteiger partial charge on any atom is 0.268 e. The lowest BCUT2D eigenvalue weighted by atomic mass is 10.0. The molecule has 0 aliphatic heterocycles. The molecule has 72 heavy (non-hydrogen) atoms. The molecule has 0 radical (unpaired) electrons. The zero-order valence-corrected chi connectivity index (χ0v) is 48.5. The van der Waals surface area contributed by atoms with Crippen LogP contribution in [0.2, 0.25) is 0 Å². The fraction of sp³-hybridized carbons (Fsp3) is 0.762. The Morgan fingerprint density at radius 3 is 1.29 bits per heavy atom. The molecule has 2 N–H and O–H groups in total. The SMILES string of the molecule is CC/C=C\C/C=C\C/C=C\C/C=C\C/C=C\CCCCCCCCCCCCCCCCCCCCCCCCCCCC(=O)NC(COP(=O)([O-])OCC[N+](C)(C)C)C(O)/C=C/CC/C=C/CCCCC. The zero-order chi connectivity index (χ0) is 52.7. The summed E-state index contributed by atoms with van der Waals surface area (Å²) in [7, 11) is 1.24. The van der Waals surface area contributed by atoms with Crippen molar-refractivity contribution in [1.82, 2.24) is 5.32 Å². The summed E-state index contributed by atoms with van der Waals surface area (Å²) in [4.78, 5) is 25.3. The summed E-state index contributed by atoms with van der Waals surface area (Å²) in [6.07, 6.45) is 75.8. The second-order valence-electron chi connectivity index (χ2n) is 21.3. The van der Waals surface area contributed by atoms with Crippen molar-refractivity contribution in [3.8, 4) is 0 Å². The number of carbonyl (C=O) groups is 1. The van der Waals surface area contributed by atoms with Gasteiger partial charge in [-0.25, -0.2) is 0 Å². The molecule has 418 valence electrons. The summed E-state index contributed by atoms with van der Waals surface area (Å²) in [5.41, 5.74) is 0. The molecule has 0 fully saturated rings. The number of amides is 1. The predicted octanol–water partition coefficient (Wildman–Crippen LogP) is 17.8. The number of nitrogens with one attached hydrogen (secondary N) is 1. The van der Waals surface area contributed by atoms with Gasteiger partial charge >= 0.3 is 0 Å². The van der Waals surface area contributed by atoms with Crippen molar-refractivity contribution in [1.29, 1.82) is 0 Å². The standard InChI is InChI=1S/C63H115N2O6P/c1-6-8-10-12-14-16-17-18-19-20-21-22-23-24-25-26-27-28-29-30-31-32-33-34-35-36-37-38-39-40-41-42-43-44-45-46-47-49-51-53-55-57-63(67)64-61(60-71-72(68,69)70-59-58-65(3,4)5)62(66)56-54-52-50-48-15-13-11-9-7-2/h8,10,14-16,18-19,21-22,24-25,48,54,56,61-62,66H,6-7,9,11-13,17,20,23,26-47,49-53,55,57-60H2,1-5H3,(H-,64,67,68,69)/b10-8-,16-14-,19-18-,22-21-,25-24-,48-15+,56-54+. The molecule has 0 rings (SSSR count). The van der Waals surface area contributed by atoms with Gasteiger partial charge in [-0.1, -0.05) is 259 Å². The van der Waals surface area contributed by atoms with Crippen molar-refractivity contribution in [3.05, 3.63) is 85.1 Å². The predicted molar refractivity (Wildman–Crippen MR) is 311 cm³/mol. The van der Waals surface area contributed by atoms with Gasteiger partial charge in [-0.15, -0.1) is 0 Å². The Morgan fingerprint density at radius 2 is 0.861 bits per heavy atom. The van der Waals surface area contributed by atoms with Gasteiger partial charge in [0, 0.05) is 6.42 Å². The molecule has 0 heterocycles. The summed E-state index contributed by atoms with van der Waals surface area (Å²) in [5, 5.41) is 13.7. The first-order valence-electron chi connectivity index (χ1n) is 29.9. The number of aliphatic hydroxyl groups excluding tert-OH is 1. The van der Waals surface area contributed by atoms with Gasteiger partial charge in [-0.2, -0.15) is 0 Å². The van der Waals surface area contributed by atoms with Gasteiger partial charge in [-0.05, 0) is 77.0 Å². The number of quaternary nitrogens is 1. The van der Waals surface area contributed by atoms with E-state index in [1.54, 1.807) is 6.08 Å². The molecule has 0 spiro atoms. The first-order chi connectivity index (χ1) is 35.0. The third-order valence-corrected chi connectivity index (χ3v) is 14.1. The van der Waals surface area contributed by atoms with E-state index in [2.05, 4.69) is 92.1 Å². The Bertz CT molecular complexity index is 1450. The van der Waals surface area contributed by atoms with Crippen LogP contribution in [0.5, 0.6) is 0 Å². The first-order valence-corrected chi connectivity index (χ1v) is 31.4. The number of allylic oxidation sites excluding steroid dienone is 13. The minimum absolute atomic E-state index is 0.00729. The molecule has 0 aromatic carbocycles. The fourth-order valence-electron chi connectivity index (χ4n) is 8.43. The number of carbonyl (C=O) groups excluding carboxylic acids is 1. The third kappa shape index (κ3) is 55.4. The van der Waals surface area contributed by atoms with Crippen molar-refractivity contribution in [3.63, 3.8) is 0 Å². The number of aliphatic hydroxyl groups is 1. The van der Waals surface area contributed by atoms with Crippen LogP contribution in [0.1, 0.15) is 258 Å². The van der Waals surface area contributed by atoms with Crippen LogP contribution in [0.4, 0.5) is 0 Å². The molecular formula is C63H115N2O6P. The molecule has 0 saturated carbocycles. The molecule has 8 nitrogen and oxygen atoms in total. The van der Waals surface area contributed by atoms with Gasteiger partial charge in [0.25, 0.3) is 7.82 Å². The molecule has 0 aromatic rings. The molecule has 0 saturated heterocycles. The maximum atomic E-state index is 12.9. The van der Waals surface area contributed by atoms with Gasteiger partial charge in [0.05, 0.1) is 39.9 Å². The molecular weight excluding hydrogens is 912 g/mol. The molecule has 0 aliphatic rings. The highest BCUT2D eigenvalue weighted by Gasteiger charge is 2.23. The van der Waals surface area contributed by atoms with E-state index in [-0.39, 0.29) is 12.5 Å². The van der Waals surface area contributed by atoms with E-state index in [0.29, 0.717) is 17.4 Å². The summed E-state index contributed by atoms with van der Waals surface area (Å²) in [5.74, 6) is -0.208. The maximum absolute atomic E-state index is 12.9. The Labute approximate surface area is 446 Å². The molecule has 0 aromatic heterocycles. The minimum Gasteiger partial charge on any atom is -0.756 e. The van der Waals surface area contributed by atoms with Crippen LogP contribution in [-0.2, 0) is 18.4 Å². The normalized spacial score (nSPS) is 14.5. The van der Waals surface area contributed by atoms with Gasteiger partial charge in [-0.3, -0.25) is 9.36 Å². The van der Waals surface area contributed by atoms with E-state index < -0.39 is 26.6 Å². The van der Waals surface area contributed by atoms with E-state index in [4.69, 9.17) is 9.05 Å². The van der Waals surface area contributed by atoms with Crippen molar-refractivity contribution < 1.29 is 32.9 Å². The number of rotatable bonds is 54. The second-order valence-corrected chi connectivity index (χ2v) is 22.7. The van der Waals surface area contributed by atoms with Crippen LogP contribution >= 0.6 is 7.82 Å². The van der Waals surface area contributed by atoms with Crippen LogP contribution in [0.15, 0.2) is 85.1 Å². The van der Waals surface area contributed by atoms with Gasteiger partial charge < -0.3 is 28.8 Å². The Hall–Kier alpha value is -2.32. The monoisotopic (exact) mass is 1030 g/mol. The molecule has 3 atom stereocenters. The number of phosphoric acid groups is 1. The smallest absolute Gasteiger partial charge is 0.268 e. The summed E-state index contributed by atoms with van der Waals surface area (Å²) >= 11 is 0. The van der Waals surface area contributed by atoms with Crippen LogP contribution in [0, 0.1) is 0 Å². The Kier molecular flexibility index (Phi) is 51.8. The second kappa shape index (κ2) is 53.5. The van der Waals surface area contributed by atoms with Crippen LogP contribution in [0.3, 0.4) is 0 Å². The lowest BCUT2D eigenvalue weighted by Crippen LogP contribution is -2.45. The number of phosphoric ester groups is 1. The van der Waals surface area contributed by atoms with Crippen molar-refractivity contribution in [2.75, 3.05) is 40.9 Å². The quantitative estimate of drug-likeness (QED) is 0.0272. The third-order valence-electron chi connectivity index (χ3n) is 13.1. The molecule has 1 amide bonds. The van der Waals surface area contributed by atoms with Gasteiger partial charge in [0.1, 0.15) is 13.2 Å². The van der Waals surface area contributed by atoms with E-state index in [1.165, 1.54) is 167 Å². The van der Waals surface area contributed by atoms with Crippen molar-refractivity contribution in [2.24, 2.45) is 0 Å². The summed E-state index contributed by atoms with van der Waals surface area (Å²) in [6.45, 7) is 4.46. The van der Waals surface area contributed by atoms with E-state index in [9.17, 15) is 19.4 Å². The Balaban J connectivity index is 3.80. The highest BCUT2D eigenvalue weighted by atomic mass is 31.2. The summed E-state index contributed by atoms with van der Waals surface area (Å²) in [6, 6.07) is -0.902. The average Bonchev–Trinajstić information content (AvgIpc) is 3.34. The average molecular weight is 1030 g/mol. The number of unbranched alkanes of at least 4 members (excludes halogenated alkanes) is 29. The van der Waals surface area contributed by atoms with Crippen LogP contribution < -0.4 is 10.2 Å². The molecule has 3 unspecified atom stereocenters.